The number of piperazine rings is 1. The molecule has 1 saturated heterocycles. The average Bonchev–Trinajstić information content (AvgIpc) is 2.63. The number of carbonyl (C=O) groups excluding carboxylic acids is 1. The molecule has 4 heteroatoms. The lowest BCUT2D eigenvalue weighted by Crippen LogP contribution is -2.57. The first-order valence-electron chi connectivity index (χ1n) is 8.43. The zero-order valence-corrected chi connectivity index (χ0v) is 14.3. The number of anilines is 1. The fourth-order valence-corrected chi connectivity index (χ4v) is 3.29. The molecule has 4 nitrogen and oxygen atoms in total. The third-order valence-corrected chi connectivity index (χ3v) is 4.63. The molecule has 1 heterocycles. The van der Waals surface area contributed by atoms with E-state index in [1.54, 1.807) is 7.11 Å². The molecule has 0 saturated carbocycles. The fourth-order valence-electron chi connectivity index (χ4n) is 3.29. The van der Waals surface area contributed by atoms with E-state index in [1.807, 2.05) is 35.2 Å². The smallest absolute Gasteiger partial charge is 0.241 e. The Morgan fingerprint density at radius 2 is 1.92 bits per heavy atom. The molecule has 1 aliphatic heterocycles. The Morgan fingerprint density at radius 3 is 2.62 bits per heavy atom. The highest BCUT2D eigenvalue weighted by Crippen LogP contribution is 2.25. The number of likely N-dealkylation sites (N-methyl/N-ethyl adjacent to an activating group) is 1. The maximum atomic E-state index is 12.6. The van der Waals surface area contributed by atoms with Gasteiger partial charge in [-0.2, -0.15) is 0 Å². The van der Waals surface area contributed by atoms with E-state index in [0.29, 0.717) is 19.1 Å². The number of carbonyl (C=O) groups is 1. The topological polar surface area (TPSA) is 32.8 Å². The van der Waals surface area contributed by atoms with E-state index in [1.165, 1.54) is 5.56 Å². The highest BCUT2D eigenvalue weighted by atomic mass is 16.5. The van der Waals surface area contributed by atoms with Crippen LogP contribution in [0.5, 0.6) is 5.75 Å². The van der Waals surface area contributed by atoms with Crippen LogP contribution < -0.4 is 9.64 Å². The summed E-state index contributed by atoms with van der Waals surface area (Å²) in [6.45, 7) is 4.17. The Kier molecular flexibility index (Phi) is 5.16. The molecule has 3 rings (SSSR count). The molecule has 126 valence electrons. The number of ether oxygens (including phenoxy) is 1. The van der Waals surface area contributed by atoms with Crippen LogP contribution in [0, 0.1) is 0 Å². The summed E-state index contributed by atoms with van der Waals surface area (Å²) in [5.74, 6) is 0.923. The fraction of sp³-hybridized carbons (Fsp3) is 0.350. The lowest BCUT2D eigenvalue weighted by molar-refractivity contribution is -0.122. The van der Waals surface area contributed by atoms with Gasteiger partial charge in [0.25, 0.3) is 0 Å². The second-order valence-electron chi connectivity index (χ2n) is 6.11. The summed E-state index contributed by atoms with van der Waals surface area (Å²) in [7, 11) is 1.65. The normalized spacial score (nSPS) is 18.7. The van der Waals surface area contributed by atoms with E-state index in [9.17, 15) is 4.79 Å². The summed E-state index contributed by atoms with van der Waals surface area (Å²) in [4.78, 5) is 16.8. The monoisotopic (exact) mass is 324 g/mol. The van der Waals surface area contributed by atoms with Gasteiger partial charge in [-0.25, -0.2) is 0 Å². The second kappa shape index (κ2) is 7.49. The highest BCUT2D eigenvalue weighted by molar-refractivity contribution is 5.95. The number of rotatable bonds is 5. The minimum absolute atomic E-state index is 0.148. The van der Waals surface area contributed by atoms with Gasteiger partial charge in [-0.05, 0) is 30.7 Å². The predicted molar refractivity (Wildman–Crippen MR) is 96.5 cm³/mol. The van der Waals surface area contributed by atoms with Crippen molar-refractivity contribution in [2.45, 2.75) is 19.4 Å². The Balaban J connectivity index is 1.82. The van der Waals surface area contributed by atoms with Gasteiger partial charge in [-0.1, -0.05) is 43.3 Å². The van der Waals surface area contributed by atoms with E-state index in [2.05, 4.69) is 36.1 Å². The van der Waals surface area contributed by atoms with Crippen LogP contribution in [0.15, 0.2) is 54.6 Å². The molecule has 1 aliphatic rings. The molecule has 0 aromatic heterocycles. The summed E-state index contributed by atoms with van der Waals surface area (Å²) < 4.78 is 5.30. The van der Waals surface area contributed by atoms with E-state index >= 15 is 0 Å². The van der Waals surface area contributed by atoms with Crippen molar-refractivity contribution in [1.82, 2.24) is 4.90 Å². The maximum Gasteiger partial charge on any atom is 0.241 e. The number of hydrogen-bond donors (Lipinski definition) is 0. The number of methoxy groups -OCH3 is 1. The van der Waals surface area contributed by atoms with Crippen LogP contribution in [-0.4, -0.2) is 43.6 Å². The summed E-state index contributed by atoms with van der Waals surface area (Å²) in [5.41, 5.74) is 2.22. The number of hydrogen-bond acceptors (Lipinski definition) is 3. The van der Waals surface area contributed by atoms with Gasteiger partial charge >= 0.3 is 0 Å². The van der Waals surface area contributed by atoms with Crippen molar-refractivity contribution in [1.29, 1.82) is 0 Å². The van der Waals surface area contributed by atoms with Gasteiger partial charge in [-0.3, -0.25) is 9.69 Å². The standard InChI is InChI=1S/C20H24N2O2/c1-3-21-15-20(23)22(17-10-7-11-19(13-17)24-2)14-18(21)12-16-8-5-4-6-9-16/h4-11,13,18H,3,12,14-15H2,1-2H3/t18-/m0/s1. The lowest BCUT2D eigenvalue weighted by Gasteiger charge is -2.40. The minimum atomic E-state index is 0.148. The minimum Gasteiger partial charge on any atom is -0.497 e. The van der Waals surface area contributed by atoms with Crippen LogP contribution in [0.2, 0.25) is 0 Å². The van der Waals surface area contributed by atoms with Gasteiger partial charge in [0.1, 0.15) is 5.75 Å². The van der Waals surface area contributed by atoms with Crippen molar-refractivity contribution >= 4 is 11.6 Å². The first-order chi connectivity index (χ1) is 11.7. The van der Waals surface area contributed by atoms with Gasteiger partial charge in [0.05, 0.1) is 13.7 Å². The summed E-state index contributed by atoms with van der Waals surface area (Å²) in [6.07, 6.45) is 0.947. The predicted octanol–water partition coefficient (Wildman–Crippen LogP) is 2.98. The quantitative estimate of drug-likeness (QED) is 0.848. The van der Waals surface area contributed by atoms with Crippen molar-refractivity contribution < 1.29 is 9.53 Å². The number of nitrogens with zero attached hydrogens (tertiary/aromatic N) is 2. The molecule has 2 aromatic carbocycles. The molecule has 1 amide bonds. The highest BCUT2D eigenvalue weighted by Gasteiger charge is 2.32. The van der Waals surface area contributed by atoms with E-state index in [0.717, 1.165) is 24.4 Å². The molecule has 0 unspecified atom stereocenters. The zero-order valence-electron chi connectivity index (χ0n) is 14.3. The lowest BCUT2D eigenvalue weighted by atomic mass is 10.0. The first-order valence-corrected chi connectivity index (χ1v) is 8.43. The second-order valence-corrected chi connectivity index (χ2v) is 6.11. The van der Waals surface area contributed by atoms with Crippen LogP contribution in [0.1, 0.15) is 12.5 Å². The van der Waals surface area contributed by atoms with Crippen molar-refractivity contribution in [2.24, 2.45) is 0 Å². The third kappa shape index (κ3) is 3.60. The molecule has 0 spiro atoms. The van der Waals surface area contributed by atoms with Crippen molar-refractivity contribution in [3.8, 4) is 5.75 Å². The van der Waals surface area contributed by atoms with Crippen LogP contribution in [0.3, 0.4) is 0 Å². The first kappa shape index (κ1) is 16.5. The molecule has 0 radical (unpaired) electrons. The largest absolute Gasteiger partial charge is 0.497 e. The molecule has 2 aromatic rings. The van der Waals surface area contributed by atoms with Gasteiger partial charge in [0.15, 0.2) is 0 Å². The molecular formula is C20H24N2O2. The zero-order chi connectivity index (χ0) is 16.9. The summed E-state index contributed by atoms with van der Waals surface area (Å²) in [5, 5.41) is 0. The molecule has 1 atom stereocenters. The summed E-state index contributed by atoms with van der Waals surface area (Å²) in [6, 6.07) is 18.5. The number of benzene rings is 2. The molecule has 24 heavy (non-hydrogen) atoms. The SMILES string of the molecule is CCN1CC(=O)N(c2cccc(OC)c2)C[C@@H]1Cc1ccccc1. The Morgan fingerprint density at radius 1 is 1.12 bits per heavy atom. The van der Waals surface area contributed by atoms with Crippen LogP contribution >= 0.6 is 0 Å². The van der Waals surface area contributed by atoms with E-state index in [4.69, 9.17) is 4.74 Å². The molecule has 0 bridgehead atoms. The Labute approximate surface area is 143 Å². The van der Waals surface area contributed by atoms with Crippen molar-refractivity contribution in [3.05, 3.63) is 60.2 Å². The third-order valence-electron chi connectivity index (χ3n) is 4.63. The number of amides is 1. The van der Waals surface area contributed by atoms with Gasteiger partial charge in [0, 0.05) is 24.3 Å². The Hall–Kier alpha value is -2.33. The Bertz CT molecular complexity index is 687. The molecule has 0 aliphatic carbocycles. The van der Waals surface area contributed by atoms with Gasteiger partial charge in [0.2, 0.25) is 5.91 Å². The van der Waals surface area contributed by atoms with Crippen LogP contribution in [0.4, 0.5) is 5.69 Å². The van der Waals surface area contributed by atoms with Crippen LogP contribution in [0.25, 0.3) is 0 Å². The average molecular weight is 324 g/mol. The van der Waals surface area contributed by atoms with Gasteiger partial charge in [-0.15, -0.1) is 0 Å². The molecule has 1 fully saturated rings. The summed E-state index contributed by atoms with van der Waals surface area (Å²) >= 11 is 0. The van der Waals surface area contributed by atoms with Crippen molar-refractivity contribution in [2.75, 3.05) is 31.6 Å². The van der Waals surface area contributed by atoms with Crippen LogP contribution in [-0.2, 0) is 11.2 Å². The molecular weight excluding hydrogens is 300 g/mol. The maximum absolute atomic E-state index is 12.6. The van der Waals surface area contributed by atoms with Gasteiger partial charge < -0.3 is 9.64 Å². The van der Waals surface area contributed by atoms with E-state index in [-0.39, 0.29) is 5.91 Å². The molecule has 0 N–H and O–H groups in total. The van der Waals surface area contributed by atoms with E-state index < -0.39 is 0 Å². The van der Waals surface area contributed by atoms with Crippen molar-refractivity contribution in [3.63, 3.8) is 0 Å².